The average Bonchev–Trinajstić information content (AvgIpc) is 2.27. The van der Waals surface area contributed by atoms with Crippen LogP contribution in [0.4, 0.5) is 5.82 Å². The van der Waals surface area contributed by atoms with Gasteiger partial charge in [-0.2, -0.15) is 5.26 Å². The van der Waals surface area contributed by atoms with E-state index >= 15 is 0 Å². The number of nitriles is 1. The third-order valence-corrected chi connectivity index (χ3v) is 3.67. The summed E-state index contributed by atoms with van der Waals surface area (Å²) >= 11 is 0. The molecule has 0 atom stereocenters. The Morgan fingerprint density at radius 2 is 1.79 bits per heavy atom. The fourth-order valence-corrected chi connectivity index (χ4v) is 2.56. The highest BCUT2D eigenvalue weighted by molar-refractivity contribution is 5.56. The van der Waals surface area contributed by atoms with Gasteiger partial charge in [0.2, 0.25) is 0 Å². The maximum Gasteiger partial charge on any atom is 0.144 e. The van der Waals surface area contributed by atoms with Gasteiger partial charge in [-0.05, 0) is 43.2 Å². The predicted octanol–water partition coefficient (Wildman–Crippen LogP) is 3.91. The molecule has 0 radical (unpaired) electrons. The number of nitrogens with one attached hydrogen (secondary N) is 1. The van der Waals surface area contributed by atoms with Gasteiger partial charge in [0.1, 0.15) is 11.9 Å². The van der Waals surface area contributed by atoms with Crippen molar-refractivity contribution in [2.75, 3.05) is 11.9 Å². The molecule has 1 N–H and O–H groups in total. The minimum Gasteiger partial charge on any atom is -0.369 e. The minimum atomic E-state index is 0.578. The summed E-state index contributed by atoms with van der Waals surface area (Å²) in [4.78, 5) is 4.46. The van der Waals surface area contributed by atoms with Crippen LogP contribution in [0.5, 0.6) is 0 Å². The highest BCUT2D eigenvalue weighted by Crippen LogP contribution is 2.23. The highest BCUT2D eigenvalue weighted by Gasteiger charge is 2.18. The molecule has 1 aromatic heterocycles. The molecule has 0 unspecified atom stereocenters. The fraction of sp³-hybridized carbons (Fsp3) is 0.625. The van der Waals surface area contributed by atoms with Crippen LogP contribution in [0.15, 0.2) is 6.07 Å². The highest BCUT2D eigenvalue weighted by atomic mass is 15.0. The van der Waals surface area contributed by atoms with Gasteiger partial charge in [0.25, 0.3) is 0 Å². The van der Waals surface area contributed by atoms with Gasteiger partial charge in [-0.3, -0.25) is 0 Å². The Kier molecular flexibility index (Phi) is 5.35. The van der Waals surface area contributed by atoms with E-state index in [1.807, 2.05) is 19.9 Å². The quantitative estimate of drug-likeness (QED) is 0.872. The Morgan fingerprint density at radius 1 is 1.21 bits per heavy atom. The molecule has 0 amide bonds. The van der Waals surface area contributed by atoms with Crippen LogP contribution in [0.2, 0.25) is 0 Å². The monoisotopic (exact) mass is 259 g/mol. The standard InChI is InChI=1S/C16H25N3/c1-10(2)15(11(3)4)9-18-16-14(8-17)12(5)7-13(6)19-16/h7,10-11,15H,9H2,1-6H3,(H,18,19). The first-order valence-electron chi connectivity index (χ1n) is 6.99. The Balaban J connectivity index is 2.91. The molecular weight excluding hydrogens is 234 g/mol. The van der Waals surface area contributed by atoms with Crippen molar-refractivity contribution in [1.82, 2.24) is 4.98 Å². The molecule has 1 heterocycles. The van der Waals surface area contributed by atoms with E-state index in [1.165, 1.54) is 0 Å². The summed E-state index contributed by atoms with van der Waals surface area (Å²) in [5.41, 5.74) is 2.60. The van der Waals surface area contributed by atoms with Crippen molar-refractivity contribution in [3.05, 3.63) is 22.9 Å². The number of aryl methyl sites for hydroxylation is 2. The Hall–Kier alpha value is -1.56. The SMILES string of the molecule is Cc1cc(C)c(C#N)c(NCC(C(C)C)C(C)C)n1. The second-order valence-corrected chi connectivity index (χ2v) is 5.95. The second kappa shape index (κ2) is 6.56. The van der Waals surface area contributed by atoms with Crippen molar-refractivity contribution in [2.45, 2.75) is 41.5 Å². The van der Waals surface area contributed by atoms with E-state index < -0.39 is 0 Å². The largest absolute Gasteiger partial charge is 0.369 e. The number of nitrogens with zero attached hydrogens (tertiary/aromatic N) is 2. The van der Waals surface area contributed by atoms with Gasteiger partial charge in [0.05, 0.1) is 5.56 Å². The topological polar surface area (TPSA) is 48.7 Å². The van der Waals surface area contributed by atoms with E-state index in [0.717, 1.165) is 23.6 Å². The van der Waals surface area contributed by atoms with E-state index in [1.54, 1.807) is 0 Å². The van der Waals surface area contributed by atoms with Crippen LogP contribution >= 0.6 is 0 Å². The van der Waals surface area contributed by atoms with E-state index in [2.05, 4.69) is 44.1 Å². The number of pyridine rings is 1. The van der Waals surface area contributed by atoms with Crippen molar-refractivity contribution in [3.8, 4) is 6.07 Å². The molecule has 0 saturated carbocycles. The zero-order chi connectivity index (χ0) is 14.6. The van der Waals surface area contributed by atoms with E-state index in [-0.39, 0.29) is 0 Å². The normalized spacial score (nSPS) is 11.2. The van der Waals surface area contributed by atoms with Gasteiger partial charge < -0.3 is 5.32 Å². The molecule has 0 bridgehead atoms. The molecule has 104 valence electrons. The van der Waals surface area contributed by atoms with Gasteiger partial charge in [-0.15, -0.1) is 0 Å². The van der Waals surface area contributed by atoms with Crippen LogP contribution in [0.3, 0.4) is 0 Å². The summed E-state index contributed by atoms with van der Waals surface area (Å²) in [6.07, 6.45) is 0. The molecule has 0 aliphatic heterocycles. The number of hydrogen-bond acceptors (Lipinski definition) is 3. The first-order chi connectivity index (χ1) is 8.86. The lowest BCUT2D eigenvalue weighted by Gasteiger charge is -2.25. The van der Waals surface area contributed by atoms with Crippen molar-refractivity contribution in [1.29, 1.82) is 5.26 Å². The molecule has 3 nitrogen and oxygen atoms in total. The van der Waals surface area contributed by atoms with Crippen LogP contribution in [0.1, 0.15) is 44.5 Å². The summed E-state index contributed by atoms with van der Waals surface area (Å²) < 4.78 is 0. The summed E-state index contributed by atoms with van der Waals surface area (Å²) in [7, 11) is 0. The maximum atomic E-state index is 9.24. The molecule has 0 aliphatic rings. The predicted molar refractivity (Wildman–Crippen MR) is 80.1 cm³/mol. The fourth-order valence-electron chi connectivity index (χ4n) is 2.56. The van der Waals surface area contributed by atoms with Crippen LogP contribution in [0, 0.1) is 42.9 Å². The summed E-state index contributed by atoms with van der Waals surface area (Å²) in [6, 6.07) is 4.20. The summed E-state index contributed by atoms with van der Waals surface area (Å²) in [6.45, 7) is 13.8. The lowest BCUT2D eigenvalue weighted by molar-refractivity contribution is 0.304. The van der Waals surface area contributed by atoms with Crippen LogP contribution in [0.25, 0.3) is 0 Å². The number of aromatic nitrogens is 1. The molecule has 3 heteroatoms. The smallest absolute Gasteiger partial charge is 0.144 e. The summed E-state index contributed by atoms with van der Waals surface area (Å²) in [5, 5.41) is 12.6. The molecule has 0 fully saturated rings. The van der Waals surface area contributed by atoms with E-state index in [0.29, 0.717) is 23.3 Å². The molecule has 0 spiro atoms. The van der Waals surface area contributed by atoms with Gasteiger partial charge in [-0.25, -0.2) is 4.98 Å². The molecular formula is C16H25N3. The van der Waals surface area contributed by atoms with E-state index in [4.69, 9.17) is 0 Å². The number of anilines is 1. The molecule has 0 saturated heterocycles. The van der Waals surface area contributed by atoms with Crippen LogP contribution < -0.4 is 5.32 Å². The number of rotatable bonds is 5. The molecule has 0 aliphatic carbocycles. The molecule has 0 aromatic carbocycles. The Bertz CT molecular complexity index is 462. The lowest BCUT2D eigenvalue weighted by atomic mass is 9.85. The molecule has 1 aromatic rings. The zero-order valence-electron chi connectivity index (χ0n) is 12.9. The van der Waals surface area contributed by atoms with Crippen molar-refractivity contribution >= 4 is 5.82 Å². The molecule has 19 heavy (non-hydrogen) atoms. The first-order valence-corrected chi connectivity index (χ1v) is 6.99. The average molecular weight is 259 g/mol. The van der Waals surface area contributed by atoms with E-state index in [9.17, 15) is 5.26 Å². The Labute approximate surface area is 117 Å². The third kappa shape index (κ3) is 3.96. The number of hydrogen-bond donors (Lipinski definition) is 1. The molecule has 1 rings (SSSR count). The van der Waals surface area contributed by atoms with Crippen molar-refractivity contribution in [2.24, 2.45) is 17.8 Å². The van der Waals surface area contributed by atoms with Gasteiger partial charge in [0.15, 0.2) is 0 Å². The van der Waals surface area contributed by atoms with Gasteiger partial charge in [0, 0.05) is 12.2 Å². The van der Waals surface area contributed by atoms with Crippen molar-refractivity contribution < 1.29 is 0 Å². The third-order valence-electron chi connectivity index (χ3n) is 3.67. The maximum absolute atomic E-state index is 9.24. The van der Waals surface area contributed by atoms with Crippen molar-refractivity contribution in [3.63, 3.8) is 0 Å². The second-order valence-electron chi connectivity index (χ2n) is 5.95. The van der Waals surface area contributed by atoms with Crippen LogP contribution in [-0.2, 0) is 0 Å². The van der Waals surface area contributed by atoms with Gasteiger partial charge in [-0.1, -0.05) is 27.7 Å². The lowest BCUT2D eigenvalue weighted by Crippen LogP contribution is -2.25. The summed E-state index contributed by atoms with van der Waals surface area (Å²) in [5.74, 6) is 2.54. The first kappa shape index (κ1) is 15.5. The zero-order valence-corrected chi connectivity index (χ0v) is 12.9. The van der Waals surface area contributed by atoms with Crippen LogP contribution in [-0.4, -0.2) is 11.5 Å². The van der Waals surface area contributed by atoms with Gasteiger partial charge >= 0.3 is 0 Å². The minimum absolute atomic E-state index is 0.578. The Morgan fingerprint density at radius 3 is 2.26 bits per heavy atom.